The molecule has 3 aromatic heterocycles. The summed E-state index contributed by atoms with van der Waals surface area (Å²) in [4.78, 5) is 19.2. The molecule has 0 aliphatic heterocycles. The standard InChI is InChI=1S/C14H14N4O/c1-8(2)12-11(14(19)18-17-12)6-9-7-16-13-10(9)4-3-5-15-13/h3-7,17H,1-2H3,(H,15,16)(H,18,19). The van der Waals surface area contributed by atoms with E-state index in [1.807, 2.05) is 38.3 Å². The van der Waals surface area contributed by atoms with Gasteiger partial charge in [0.2, 0.25) is 0 Å². The van der Waals surface area contributed by atoms with E-state index in [0.29, 0.717) is 5.22 Å². The third-order valence-corrected chi connectivity index (χ3v) is 3.10. The molecule has 0 aliphatic carbocycles. The van der Waals surface area contributed by atoms with E-state index in [2.05, 4.69) is 20.2 Å². The van der Waals surface area contributed by atoms with Crippen molar-refractivity contribution in [1.82, 2.24) is 20.2 Å². The molecule has 96 valence electrons. The predicted molar refractivity (Wildman–Crippen MR) is 75.1 cm³/mol. The van der Waals surface area contributed by atoms with Crippen molar-refractivity contribution < 1.29 is 0 Å². The summed E-state index contributed by atoms with van der Waals surface area (Å²) in [7, 11) is 0. The Bertz CT molecular complexity index is 907. The smallest absolute Gasteiger partial charge is 0.271 e. The van der Waals surface area contributed by atoms with Gasteiger partial charge in [0, 0.05) is 23.3 Å². The number of nitrogens with zero attached hydrogens (tertiary/aromatic N) is 1. The topological polar surface area (TPSA) is 77.3 Å². The van der Waals surface area contributed by atoms with Crippen LogP contribution in [0.4, 0.5) is 0 Å². The number of pyridine rings is 1. The SMILES string of the molecule is CC(C)=c1[nH][nH]c(=O)c1=Cc1c[nH]c2ncccc12. The molecule has 0 fully saturated rings. The van der Waals surface area contributed by atoms with E-state index < -0.39 is 0 Å². The number of hydrogen-bond acceptors (Lipinski definition) is 2. The van der Waals surface area contributed by atoms with Crippen molar-refractivity contribution in [2.24, 2.45) is 0 Å². The van der Waals surface area contributed by atoms with Crippen molar-refractivity contribution in [3.05, 3.63) is 51.0 Å². The fraction of sp³-hybridized carbons (Fsp3) is 0.143. The van der Waals surface area contributed by atoms with Crippen LogP contribution in [-0.2, 0) is 0 Å². The van der Waals surface area contributed by atoms with Gasteiger partial charge in [0.25, 0.3) is 5.56 Å². The molecule has 5 heteroatoms. The number of fused-ring (bicyclic) bond motifs is 1. The molecular formula is C14H14N4O. The van der Waals surface area contributed by atoms with Crippen LogP contribution in [0.15, 0.2) is 29.3 Å². The van der Waals surface area contributed by atoms with Crippen LogP contribution in [0.5, 0.6) is 0 Å². The number of nitrogens with one attached hydrogen (secondary N) is 3. The zero-order valence-electron chi connectivity index (χ0n) is 10.7. The van der Waals surface area contributed by atoms with E-state index in [-0.39, 0.29) is 5.56 Å². The lowest BCUT2D eigenvalue weighted by molar-refractivity contribution is 1.03. The molecule has 0 radical (unpaired) electrons. The van der Waals surface area contributed by atoms with Crippen molar-refractivity contribution in [2.45, 2.75) is 13.8 Å². The van der Waals surface area contributed by atoms with Gasteiger partial charge in [-0.15, -0.1) is 0 Å². The minimum Gasteiger partial charge on any atom is -0.346 e. The van der Waals surface area contributed by atoms with Gasteiger partial charge in [-0.25, -0.2) is 4.98 Å². The molecule has 5 nitrogen and oxygen atoms in total. The van der Waals surface area contributed by atoms with E-state index >= 15 is 0 Å². The van der Waals surface area contributed by atoms with E-state index in [1.165, 1.54) is 0 Å². The number of aromatic amines is 3. The van der Waals surface area contributed by atoms with Gasteiger partial charge in [0.1, 0.15) is 5.65 Å². The fourth-order valence-electron chi connectivity index (χ4n) is 2.15. The van der Waals surface area contributed by atoms with E-state index in [1.54, 1.807) is 6.20 Å². The van der Waals surface area contributed by atoms with Gasteiger partial charge in [0.15, 0.2) is 0 Å². The predicted octanol–water partition coefficient (Wildman–Crippen LogP) is 0.599. The van der Waals surface area contributed by atoms with Crippen molar-refractivity contribution in [3.63, 3.8) is 0 Å². The highest BCUT2D eigenvalue weighted by atomic mass is 16.1. The number of aromatic nitrogens is 4. The average Bonchev–Trinajstić information content (AvgIpc) is 2.96. The molecule has 0 saturated carbocycles. The lowest BCUT2D eigenvalue weighted by Gasteiger charge is -1.89. The summed E-state index contributed by atoms with van der Waals surface area (Å²) < 4.78 is 0. The van der Waals surface area contributed by atoms with Gasteiger partial charge < -0.3 is 4.98 Å². The van der Waals surface area contributed by atoms with Gasteiger partial charge in [-0.1, -0.05) is 5.57 Å². The van der Waals surface area contributed by atoms with Crippen LogP contribution in [-0.4, -0.2) is 20.2 Å². The molecule has 0 amide bonds. The molecule has 0 spiro atoms. The Morgan fingerprint density at radius 2 is 2.16 bits per heavy atom. The summed E-state index contributed by atoms with van der Waals surface area (Å²) in [6.45, 7) is 3.93. The van der Waals surface area contributed by atoms with Crippen molar-refractivity contribution in [1.29, 1.82) is 0 Å². The molecule has 0 aromatic carbocycles. The molecule has 0 saturated heterocycles. The quantitative estimate of drug-likeness (QED) is 0.594. The van der Waals surface area contributed by atoms with Crippen LogP contribution >= 0.6 is 0 Å². The highest BCUT2D eigenvalue weighted by molar-refractivity contribution is 5.85. The second-order valence-electron chi connectivity index (χ2n) is 4.66. The van der Waals surface area contributed by atoms with Gasteiger partial charge in [-0.2, -0.15) is 0 Å². The van der Waals surface area contributed by atoms with Gasteiger partial charge in [-0.3, -0.25) is 15.0 Å². The van der Waals surface area contributed by atoms with Gasteiger partial charge in [0.05, 0.1) is 10.6 Å². The summed E-state index contributed by atoms with van der Waals surface area (Å²) in [6.07, 6.45) is 5.47. The van der Waals surface area contributed by atoms with Crippen molar-refractivity contribution >= 4 is 22.7 Å². The Balaban J connectivity index is 2.37. The van der Waals surface area contributed by atoms with Gasteiger partial charge >= 0.3 is 0 Å². The first-order valence-electron chi connectivity index (χ1n) is 6.05. The lowest BCUT2D eigenvalue weighted by atomic mass is 10.2. The highest BCUT2D eigenvalue weighted by Crippen LogP contribution is 2.15. The summed E-state index contributed by atoms with van der Waals surface area (Å²) in [5.74, 6) is 0. The Hall–Kier alpha value is -2.56. The molecule has 3 N–H and O–H groups in total. The normalized spacial score (nSPS) is 12.2. The molecule has 19 heavy (non-hydrogen) atoms. The van der Waals surface area contributed by atoms with Crippen LogP contribution < -0.4 is 16.1 Å². The Morgan fingerprint density at radius 1 is 1.32 bits per heavy atom. The minimum atomic E-state index is -0.116. The zero-order chi connectivity index (χ0) is 13.4. The van der Waals surface area contributed by atoms with Crippen molar-refractivity contribution in [3.8, 4) is 0 Å². The third-order valence-electron chi connectivity index (χ3n) is 3.10. The number of H-pyrrole nitrogens is 3. The first-order valence-corrected chi connectivity index (χ1v) is 6.05. The number of rotatable bonds is 1. The second kappa shape index (κ2) is 4.28. The molecule has 3 heterocycles. The Labute approximate surface area is 108 Å². The van der Waals surface area contributed by atoms with Crippen LogP contribution in [0.2, 0.25) is 0 Å². The molecular weight excluding hydrogens is 240 g/mol. The summed E-state index contributed by atoms with van der Waals surface area (Å²) >= 11 is 0. The first kappa shape index (κ1) is 11.5. The maximum absolute atomic E-state index is 11.8. The zero-order valence-corrected chi connectivity index (χ0v) is 10.7. The van der Waals surface area contributed by atoms with E-state index in [9.17, 15) is 4.79 Å². The monoisotopic (exact) mass is 254 g/mol. The molecule has 0 unspecified atom stereocenters. The number of hydrogen-bond donors (Lipinski definition) is 3. The first-order chi connectivity index (χ1) is 9.16. The Morgan fingerprint density at radius 3 is 2.95 bits per heavy atom. The third kappa shape index (κ3) is 1.89. The lowest BCUT2D eigenvalue weighted by Crippen LogP contribution is -2.34. The van der Waals surface area contributed by atoms with Gasteiger partial charge in [-0.05, 0) is 32.1 Å². The van der Waals surface area contributed by atoms with Crippen LogP contribution in [0.3, 0.4) is 0 Å². The molecule has 0 aliphatic rings. The van der Waals surface area contributed by atoms with Crippen LogP contribution in [0, 0.1) is 0 Å². The maximum Gasteiger partial charge on any atom is 0.271 e. The van der Waals surface area contributed by atoms with Crippen LogP contribution in [0.1, 0.15) is 19.4 Å². The molecule has 0 atom stereocenters. The molecule has 3 aromatic rings. The molecule has 3 rings (SSSR count). The van der Waals surface area contributed by atoms with E-state index in [0.717, 1.165) is 27.5 Å². The summed E-state index contributed by atoms with van der Waals surface area (Å²) in [5.41, 5.74) is 2.71. The minimum absolute atomic E-state index is 0.116. The van der Waals surface area contributed by atoms with Crippen molar-refractivity contribution in [2.75, 3.05) is 0 Å². The fourth-order valence-corrected chi connectivity index (χ4v) is 2.15. The van der Waals surface area contributed by atoms with E-state index in [4.69, 9.17) is 0 Å². The largest absolute Gasteiger partial charge is 0.346 e. The summed E-state index contributed by atoms with van der Waals surface area (Å²) in [5, 5.41) is 8.01. The highest BCUT2D eigenvalue weighted by Gasteiger charge is 2.03. The average molecular weight is 254 g/mol. The Kier molecular flexibility index (Phi) is 2.59. The second-order valence-corrected chi connectivity index (χ2v) is 4.66. The van der Waals surface area contributed by atoms with Crippen LogP contribution in [0.25, 0.3) is 22.7 Å². The molecule has 0 bridgehead atoms. The summed E-state index contributed by atoms with van der Waals surface area (Å²) in [6, 6.07) is 3.86. The maximum atomic E-state index is 11.8.